The minimum atomic E-state index is -0.890. The van der Waals surface area contributed by atoms with Crippen molar-refractivity contribution < 1.29 is 9.90 Å². The molecular formula is C15H17NO3. The van der Waals surface area contributed by atoms with Crippen molar-refractivity contribution in [1.29, 1.82) is 0 Å². The molecule has 0 fully saturated rings. The van der Waals surface area contributed by atoms with Gasteiger partial charge >= 0.3 is 5.97 Å². The Morgan fingerprint density at radius 2 is 1.95 bits per heavy atom. The average Bonchev–Trinajstić information content (AvgIpc) is 2.30. The number of rotatable bonds is 3. The molecule has 100 valence electrons. The number of aryl methyl sites for hydroxylation is 3. The quantitative estimate of drug-likeness (QED) is 0.889. The Morgan fingerprint density at radius 3 is 2.58 bits per heavy atom. The van der Waals surface area contributed by atoms with Crippen LogP contribution in [0, 0.1) is 20.8 Å². The second-order valence-corrected chi connectivity index (χ2v) is 4.96. The molecule has 0 unspecified atom stereocenters. The number of nitrogens with one attached hydrogen (secondary N) is 1. The Kier molecular flexibility index (Phi) is 3.42. The maximum atomic E-state index is 12.5. The molecule has 2 N–H and O–H groups in total. The van der Waals surface area contributed by atoms with Gasteiger partial charge in [-0.2, -0.15) is 0 Å². The number of carboxylic acids is 1. The molecule has 0 aliphatic rings. The summed E-state index contributed by atoms with van der Waals surface area (Å²) in [5, 5.41) is 9.39. The van der Waals surface area contributed by atoms with Crippen LogP contribution in [-0.4, -0.2) is 16.1 Å². The normalized spacial score (nSPS) is 10.9. The van der Waals surface area contributed by atoms with Crippen molar-refractivity contribution in [3.8, 4) is 0 Å². The summed E-state index contributed by atoms with van der Waals surface area (Å²) in [7, 11) is 0. The van der Waals surface area contributed by atoms with Crippen LogP contribution in [0.4, 0.5) is 0 Å². The zero-order valence-electron chi connectivity index (χ0n) is 11.3. The highest BCUT2D eigenvalue weighted by Gasteiger charge is 2.12. The van der Waals surface area contributed by atoms with Crippen molar-refractivity contribution >= 4 is 16.9 Å². The van der Waals surface area contributed by atoms with Gasteiger partial charge < -0.3 is 10.1 Å². The molecule has 0 aliphatic heterocycles. The number of aliphatic carboxylic acids is 1. The number of H-pyrrole nitrogens is 1. The first-order chi connectivity index (χ1) is 8.90. The molecule has 1 heterocycles. The second kappa shape index (κ2) is 4.88. The summed E-state index contributed by atoms with van der Waals surface area (Å²) in [5.74, 6) is -0.890. The van der Waals surface area contributed by atoms with Gasteiger partial charge in [-0.1, -0.05) is 6.07 Å². The van der Waals surface area contributed by atoms with Gasteiger partial charge in [0.05, 0.1) is 5.52 Å². The van der Waals surface area contributed by atoms with Gasteiger partial charge in [-0.05, 0) is 44.4 Å². The Labute approximate surface area is 111 Å². The molecule has 0 aliphatic carbocycles. The summed E-state index contributed by atoms with van der Waals surface area (Å²) >= 11 is 0. The predicted octanol–water partition coefficient (Wildman–Crippen LogP) is 2.47. The van der Waals surface area contributed by atoms with Gasteiger partial charge in [0.1, 0.15) is 0 Å². The number of hydrogen-bond donors (Lipinski definition) is 2. The molecular weight excluding hydrogens is 242 g/mol. The number of benzene rings is 1. The van der Waals surface area contributed by atoms with E-state index < -0.39 is 5.97 Å². The summed E-state index contributed by atoms with van der Waals surface area (Å²) in [5.41, 5.74) is 4.17. The minimum Gasteiger partial charge on any atom is -0.481 e. The van der Waals surface area contributed by atoms with E-state index >= 15 is 0 Å². The van der Waals surface area contributed by atoms with E-state index in [-0.39, 0.29) is 18.3 Å². The number of pyridine rings is 1. The summed E-state index contributed by atoms with van der Waals surface area (Å²) in [6.45, 7) is 5.72. The first kappa shape index (κ1) is 13.3. The van der Waals surface area contributed by atoms with Crippen LogP contribution >= 0.6 is 0 Å². The van der Waals surface area contributed by atoms with Gasteiger partial charge in [-0.15, -0.1) is 0 Å². The van der Waals surface area contributed by atoms with E-state index in [9.17, 15) is 9.59 Å². The van der Waals surface area contributed by atoms with Crippen molar-refractivity contribution in [2.24, 2.45) is 0 Å². The second-order valence-electron chi connectivity index (χ2n) is 4.96. The molecule has 2 aromatic rings. The number of aromatic nitrogens is 1. The van der Waals surface area contributed by atoms with Crippen LogP contribution in [-0.2, 0) is 11.2 Å². The summed E-state index contributed by atoms with van der Waals surface area (Å²) < 4.78 is 0. The van der Waals surface area contributed by atoms with E-state index in [0.29, 0.717) is 10.9 Å². The van der Waals surface area contributed by atoms with E-state index in [1.807, 2.05) is 32.9 Å². The summed E-state index contributed by atoms with van der Waals surface area (Å²) in [4.78, 5) is 26.3. The number of hydrogen-bond acceptors (Lipinski definition) is 2. The molecule has 0 amide bonds. The fourth-order valence-electron chi connectivity index (χ4n) is 2.44. The molecule has 4 heteroatoms. The number of carboxylic acid groups (broad SMARTS) is 1. The fraction of sp³-hybridized carbons (Fsp3) is 0.333. The molecule has 1 aromatic carbocycles. The number of aromatic amines is 1. The zero-order valence-corrected chi connectivity index (χ0v) is 11.3. The SMILES string of the molecule is Cc1cc(C)c2[nH]c(C)c(CCC(=O)O)c(=O)c2c1. The maximum absolute atomic E-state index is 12.5. The maximum Gasteiger partial charge on any atom is 0.303 e. The highest BCUT2D eigenvalue weighted by Crippen LogP contribution is 2.18. The monoisotopic (exact) mass is 259 g/mol. The van der Waals surface area contributed by atoms with Crippen LogP contribution in [0.3, 0.4) is 0 Å². The van der Waals surface area contributed by atoms with Crippen molar-refractivity contribution in [2.75, 3.05) is 0 Å². The molecule has 4 nitrogen and oxygen atoms in total. The predicted molar refractivity (Wildman–Crippen MR) is 74.7 cm³/mol. The lowest BCUT2D eigenvalue weighted by Gasteiger charge is -2.10. The molecule has 0 atom stereocenters. The van der Waals surface area contributed by atoms with Crippen molar-refractivity contribution in [3.05, 3.63) is 44.7 Å². The van der Waals surface area contributed by atoms with E-state index in [1.165, 1.54) is 0 Å². The van der Waals surface area contributed by atoms with E-state index in [1.54, 1.807) is 0 Å². The van der Waals surface area contributed by atoms with E-state index in [2.05, 4.69) is 4.98 Å². The summed E-state index contributed by atoms with van der Waals surface area (Å²) in [6.07, 6.45) is 0.236. The van der Waals surface area contributed by atoms with Crippen LogP contribution in [0.2, 0.25) is 0 Å². The van der Waals surface area contributed by atoms with Crippen LogP contribution in [0.15, 0.2) is 16.9 Å². The van der Waals surface area contributed by atoms with Gasteiger partial charge in [0.15, 0.2) is 5.43 Å². The first-order valence-corrected chi connectivity index (χ1v) is 6.24. The molecule has 0 spiro atoms. The van der Waals surface area contributed by atoms with Gasteiger partial charge in [0.2, 0.25) is 0 Å². The largest absolute Gasteiger partial charge is 0.481 e. The molecule has 19 heavy (non-hydrogen) atoms. The Bertz CT molecular complexity index is 713. The third-order valence-corrected chi connectivity index (χ3v) is 3.35. The molecule has 0 saturated heterocycles. The van der Waals surface area contributed by atoms with Gasteiger partial charge in [0.25, 0.3) is 0 Å². The molecule has 2 rings (SSSR count). The lowest BCUT2D eigenvalue weighted by Crippen LogP contribution is -2.15. The standard InChI is InChI=1S/C15H17NO3/c1-8-6-9(2)14-12(7-8)15(19)11(10(3)16-14)4-5-13(17)18/h6-7H,4-5H2,1-3H3,(H,16,19)(H,17,18). The third kappa shape index (κ3) is 2.52. The van der Waals surface area contributed by atoms with Gasteiger partial charge in [-0.25, -0.2) is 0 Å². The van der Waals surface area contributed by atoms with Gasteiger partial charge in [0, 0.05) is 23.1 Å². The molecule has 0 bridgehead atoms. The van der Waals surface area contributed by atoms with E-state index in [4.69, 9.17) is 5.11 Å². The van der Waals surface area contributed by atoms with Crippen LogP contribution < -0.4 is 5.43 Å². The summed E-state index contributed by atoms with van der Waals surface area (Å²) in [6, 6.07) is 3.87. The highest BCUT2D eigenvalue weighted by atomic mass is 16.4. The Morgan fingerprint density at radius 1 is 1.26 bits per heavy atom. The lowest BCUT2D eigenvalue weighted by atomic mass is 10.0. The fourth-order valence-corrected chi connectivity index (χ4v) is 2.44. The van der Waals surface area contributed by atoms with Crippen LogP contribution in [0.25, 0.3) is 10.9 Å². The minimum absolute atomic E-state index is 0.0276. The van der Waals surface area contributed by atoms with Crippen molar-refractivity contribution in [3.63, 3.8) is 0 Å². The Hall–Kier alpha value is -2.10. The Balaban J connectivity index is 2.67. The van der Waals surface area contributed by atoms with Gasteiger partial charge in [-0.3, -0.25) is 9.59 Å². The topological polar surface area (TPSA) is 70.2 Å². The molecule has 0 saturated carbocycles. The third-order valence-electron chi connectivity index (χ3n) is 3.35. The lowest BCUT2D eigenvalue weighted by molar-refractivity contribution is -0.136. The highest BCUT2D eigenvalue weighted by molar-refractivity contribution is 5.83. The average molecular weight is 259 g/mol. The smallest absolute Gasteiger partial charge is 0.303 e. The number of fused-ring (bicyclic) bond motifs is 1. The number of carbonyl (C=O) groups is 1. The van der Waals surface area contributed by atoms with E-state index in [0.717, 1.165) is 22.3 Å². The van der Waals surface area contributed by atoms with Crippen LogP contribution in [0.1, 0.15) is 28.8 Å². The van der Waals surface area contributed by atoms with Crippen LogP contribution in [0.5, 0.6) is 0 Å². The molecule has 0 radical (unpaired) electrons. The van der Waals surface area contributed by atoms with Crippen molar-refractivity contribution in [1.82, 2.24) is 4.98 Å². The molecule has 1 aromatic heterocycles. The van der Waals surface area contributed by atoms with Crippen molar-refractivity contribution in [2.45, 2.75) is 33.6 Å². The first-order valence-electron chi connectivity index (χ1n) is 6.24. The zero-order chi connectivity index (χ0) is 14.2.